The number of carbonyl (C=O) groups is 4. The summed E-state index contributed by atoms with van der Waals surface area (Å²) in [6, 6.07) is 12.0. The first-order valence-electron chi connectivity index (χ1n) is 15.5. The van der Waals surface area contributed by atoms with Crippen LogP contribution in [0.15, 0.2) is 48.5 Å². The number of nitrogens with one attached hydrogen (secondary N) is 2. The molecular formula is C34H50N4O6. The Kier molecular flexibility index (Phi) is 14.7. The molecule has 2 aromatic carbocycles. The molecule has 0 heterocycles. The first-order valence-corrected chi connectivity index (χ1v) is 15.5. The third kappa shape index (κ3) is 12.3. The van der Waals surface area contributed by atoms with Crippen LogP contribution in [0.4, 0.5) is 4.79 Å². The Bertz CT molecular complexity index is 1230. The zero-order chi connectivity index (χ0) is 32.7. The number of alkyl carbamates (subject to hydrolysis) is 1. The van der Waals surface area contributed by atoms with Crippen molar-refractivity contribution in [3.63, 3.8) is 0 Å². The molecule has 44 heavy (non-hydrogen) atoms. The van der Waals surface area contributed by atoms with Crippen LogP contribution in [-0.2, 0) is 25.7 Å². The molecule has 0 fully saturated rings. The highest BCUT2D eigenvalue weighted by molar-refractivity contribution is 5.93. The molecular weight excluding hydrogens is 560 g/mol. The molecule has 10 nitrogen and oxygen atoms in total. The van der Waals surface area contributed by atoms with Crippen LogP contribution in [0.3, 0.4) is 0 Å². The topological polar surface area (TPSA) is 151 Å². The molecule has 0 radical (unpaired) electrons. The number of amides is 4. The van der Waals surface area contributed by atoms with Crippen LogP contribution in [0.1, 0.15) is 102 Å². The lowest BCUT2D eigenvalue weighted by atomic mass is 9.98. The van der Waals surface area contributed by atoms with Crippen LogP contribution in [0.2, 0.25) is 0 Å². The highest BCUT2D eigenvalue weighted by Gasteiger charge is 2.37. The number of phenolic OH excluding ortho intramolecular Hbond substituents is 1. The van der Waals surface area contributed by atoms with Gasteiger partial charge in [-0.3, -0.25) is 14.4 Å². The monoisotopic (exact) mass is 610 g/mol. The maximum Gasteiger partial charge on any atom is 0.408 e. The van der Waals surface area contributed by atoms with Gasteiger partial charge < -0.3 is 31.1 Å². The number of benzene rings is 2. The first kappa shape index (κ1) is 36.1. The van der Waals surface area contributed by atoms with Gasteiger partial charge >= 0.3 is 6.09 Å². The predicted octanol–water partition coefficient (Wildman–Crippen LogP) is 5.41. The number of carbonyl (C=O) groups excluding carboxylic acids is 4. The summed E-state index contributed by atoms with van der Waals surface area (Å²) in [4.78, 5) is 54.3. The van der Waals surface area contributed by atoms with Crippen LogP contribution in [0, 0.1) is 6.92 Å². The van der Waals surface area contributed by atoms with Crippen molar-refractivity contribution in [2.75, 3.05) is 6.54 Å². The molecule has 0 saturated carbocycles. The number of para-hydroxylation sites is 1. The number of rotatable bonds is 17. The lowest BCUT2D eigenvalue weighted by Crippen LogP contribution is -2.53. The van der Waals surface area contributed by atoms with Gasteiger partial charge in [0.25, 0.3) is 0 Å². The van der Waals surface area contributed by atoms with Crippen LogP contribution in [-0.4, -0.2) is 52.0 Å². The lowest BCUT2D eigenvalue weighted by molar-refractivity contribution is -0.143. The van der Waals surface area contributed by atoms with Gasteiger partial charge in [-0.15, -0.1) is 0 Å². The van der Waals surface area contributed by atoms with E-state index in [4.69, 9.17) is 10.5 Å². The van der Waals surface area contributed by atoms with Crippen LogP contribution >= 0.6 is 0 Å². The number of aryl methyl sites for hydroxylation is 1. The molecule has 0 aliphatic heterocycles. The van der Waals surface area contributed by atoms with E-state index in [0.717, 1.165) is 37.7 Å². The zero-order valence-corrected chi connectivity index (χ0v) is 26.9. The molecule has 0 aliphatic rings. The minimum absolute atomic E-state index is 0.0848. The van der Waals surface area contributed by atoms with Crippen molar-refractivity contribution in [3.05, 3.63) is 65.2 Å². The van der Waals surface area contributed by atoms with Crippen molar-refractivity contribution < 1.29 is 29.0 Å². The number of nitrogens with zero attached hydrogens (tertiary/aromatic N) is 1. The average molecular weight is 611 g/mol. The fourth-order valence-corrected chi connectivity index (χ4v) is 4.86. The summed E-state index contributed by atoms with van der Waals surface area (Å²) < 4.78 is 5.40. The summed E-state index contributed by atoms with van der Waals surface area (Å²) in [6.45, 7) is 9.35. The number of nitrogens with two attached hydrogens (primary N) is 1. The van der Waals surface area contributed by atoms with Gasteiger partial charge in [-0.1, -0.05) is 87.6 Å². The van der Waals surface area contributed by atoms with E-state index >= 15 is 0 Å². The van der Waals surface area contributed by atoms with Gasteiger partial charge in [-0.25, -0.2) is 4.79 Å². The van der Waals surface area contributed by atoms with E-state index in [1.165, 1.54) is 4.90 Å². The lowest BCUT2D eigenvalue weighted by Gasteiger charge is -2.35. The zero-order valence-electron chi connectivity index (χ0n) is 26.9. The van der Waals surface area contributed by atoms with Gasteiger partial charge in [0.05, 0.1) is 0 Å². The van der Waals surface area contributed by atoms with E-state index in [2.05, 4.69) is 17.6 Å². The standard InChI is InChI=1S/C34H50N4O6/c1-6-7-8-9-10-14-22-38(32(42)27(20-21-28(35)39)37-33(43)44-34(3,4)5)29(26-19-15-16-24(2)30(26)40)31(41)36-23-25-17-12-11-13-18-25/h11-13,15-19,27,29,40H,6-10,14,20-23H2,1-5H3,(H2,35,39)(H,36,41)(H,37,43). The molecule has 4 amide bonds. The number of hydrogen-bond donors (Lipinski definition) is 4. The van der Waals surface area contributed by atoms with Crippen LogP contribution in [0.25, 0.3) is 0 Å². The van der Waals surface area contributed by atoms with E-state index < -0.39 is 41.5 Å². The van der Waals surface area contributed by atoms with E-state index in [1.807, 2.05) is 30.3 Å². The highest BCUT2D eigenvalue weighted by atomic mass is 16.6. The number of hydrogen-bond acceptors (Lipinski definition) is 6. The summed E-state index contributed by atoms with van der Waals surface area (Å²) in [5.41, 5.74) is 6.27. The average Bonchev–Trinajstić information content (AvgIpc) is 2.96. The minimum Gasteiger partial charge on any atom is -0.507 e. The predicted molar refractivity (Wildman–Crippen MR) is 171 cm³/mol. The SMILES string of the molecule is CCCCCCCCN(C(=O)C(CCC(N)=O)NC(=O)OC(C)(C)C)C(C(=O)NCc1ccccc1)c1cccc(C)c1O. The third-order valence-electron chi connectivity index (χ3n) is 7.14. The summed E-state index contributed by atoms with van der Waals surface area (Å²) in [5.74, 6) is -1.79. The molecule has 0 bridgehead atoms. The van der Waals surface area contributed by atoms with Gasteiger partial charge in [0.1, 0.15) is 23.4 Å². The fraction of sp³-hybridized carbons (Fsp3) is 0.529. The van der Waals surface area contributed by atoms with Crippen molar-refractivity contribution >= 4 is 23.8 Å². The van der Waals surface area contributed by atoms with E-state index in [9.17, 15) is 24.3 Å². The van der Waals surface area contributed by atoms with Crippen molar-refractivity contribution in [1.82, 2.24) is 15.5 Å². The van der Waals surface area contributed by atoms with Gasteiger partial charge in [0, 0.05) is 25.1 Å². The van der Waals surface area contributed by atoms with Gasteiger partial charge in [0.2, 0.25) is 17.7 Å². The summed E-state index contributed by atoms with van der Waals surface area (Å²) in [5, 5.41) is 16.7. The molecule has 10 heteroatoms. The highest BCUT2D eigenvalue weighted by Crippen LogP contribution is 2.33. The largest absolute Gasteiger partial charge is 0.507 e. The molecule has 2 unspecified atom stereocenters. The third-order valence-corrected chi connectivity index (χ3v) is 7.14. The smallest absolute Gasteiger partial charge is 0.408 e. The summed E-state index contributed by atoms with van der Waals surface area (Å²) in [6.07, 6.45) is 4.58. The van der Waals surface area contributed by atoms with Gasteiger partial charge in [-0.2, -0.15) is 0 Å². The Morgan fingerprint density at radius 3 is 2.25 bits per heavy atom. The molecule has 2 aromatic rings. The summed E-state index contributed by atoms with van der Waals surface area (Å²) in [7, 11) is 0. The molecule has 0 aromatic heterocycles. The maximum atomic E-state index is 14.4. The van der Waals surface area contributed by atoms with Crippen molar-refractivity contribution in [3.8, 4) is 5.75 Å². The summed E-state index contributed by atoms with van der Waals surface area (Å²) >= 11 is 0. The van der Waals surface area contributed by atoms with Gasteiger partial charge in [0.15, 0.2) is 0 Å². The van der Waals surface area contributed by atoms with E-state index in [-0.39, 0.29) is 37.2 Å². The number of unbranched alkanes of at least 4 members (excludes halogenated alkanes) is 5. The Balaban J connectivity index is 2.52. The Labute approximate surface area is 261 Å². The Hall–Kier alpha value is -4.08. The number of aromatic hydroxyl groups is 1. The van der Waals surface area contributed by atoms with Crippen molar-refractivity contribution in [1.29, 1.82) is 0 Å². The number of ether oxygens (including phenoxy) is 1. The minimum atomic E-state index is -1.21. The van der Waals surface area contributed by atoms with Gasteiger partial charge in [-0.05, 0) is 51.7 Å². The Morgan fingerprint density at radius 2 is 1.61 bits per heavy atom. The van der Waals surface area contributed by atoms with E-state index in [1.54, 1.807) is 45.9 Å². The second-order valence-corrected chi connectivity index (χ2v) is 12.1. The maximum absolute atomic E-state index is 14.4. The first-order chi connectivity index (χ1) is 20.8. The number of phenols is 1. The normalized spacial score (nSPS) is 12.6. The molecule has 5 N–H and O–H groups in total. The molecule has 242 valence electrons. The Morgan fingerprint density at radius 1 is 0.955 bits per heavy atom. The second kappa shape index (κ2) is 17.9. The molecule has 0 spiro atoms. The molecule has 2 atom stereocenters. The second-order valence-electron chi connectivity index (χ2n) is 12.1. The van der Waals surface area contributed by atoms with Crippen LogP contribution in [0.5, 0.6) is 5.75 Å². The quantitative estimate of drug-likeness (QED) is 0.176. The molecule has 0 saturated heterocycles. The molecule has 2 rings (SSSR count). The van der Waals surface area contributed by atoms with Crippen molar-refractivity contribution in [2.24, 2.45) is 5.73 Å². The number of primary amides is 1. The molecule has 0 aliphatic carbocycles. The van der Waals surface area contributed by atoms with E-state index in [0.29, 0.717) is 12.0 Å². The van der Waals surface area contributed by atoms with Crippen molar-refractivity contribution in [2.45, 2.75) is 110 Å². The van der Waals surface area contributed by atoms with Crippen LogP contribution < -0.4 is 16.4 Å². The fourth-order valence-electron chi connectivity index (χ4n) is 4.86.